The van der Waals surface area contributed by atoms with Crippen molar-refractivity contribution in [3.8, 4) is 18.2 Å². The molecular weight excluding hydrogens is 240 g/mol. The molecule has 0 radical (unpaired) electrons. The maximum atomic E-state index is 12.0. The van der Waals surface area contributed by atoms with Crippen LogP contribution in [0, 0.1) is 39.4 Å². The summed E-state index contributed by atoms with van der Waals surface area (Å²) in [6, 6.07) is 10.2. The van der Waals surface area contributed by atoms with E-state index in [0.717, 1.165) is 0 Å². The van der Waals surface area contributed by atoms with Gasteiger partial charge in [-0.25, -0.2) is 0 Å². The molecule has 0 saturated heterocycles. The third-order valence-corrected chi connectivity index (χ3v) is 2.97. The number of amides is 1. The Balaban J connectivity index is 3.04. The van der Waals surface area contributed by atoms with Crippen LogP contribution in [0.3, 0.4) is 0 Å². The van der Waals surface area contributed by atoms with Crippen molar-refractivity contribution < 1.29 is 4.79 Å². The van der Waals surface area contributed by atoms with E-state index in [1.165, 1.54) is 18.2 Å². The molecule has 19 heavy (non-hydrogen) atoms. The van der Waals surface area contributed by atoms with E-state index in [1.54, 1.807) is 13.8 Å². The lowest BCUT2D eigenvalue weighted by molar-refractivity contribution is -0.122. The molecule has 5 heteroatoms. The van der Waals surface area contributed by atoms with Crippen LogP contribution in [0.1, 0.15) is 31.4 Å². The molecule has 1 atom stereocenters. The lowest BCUT2D eigenvalue weighted by Crippen LogP contribution is -2.31. The van der Waals surface area contributed by atoms with E-state index in [-0.39, 0.29) is 11.1 Å². The second-order valence-electron chi connectivity index (χ2n) is 4.24. The number of anilines is 1. The van der Waals surface area contributed by atoms with E-state index in [9.17, 15) is 4.79 Å². The van der Waals surface area contributed by atoms with Crippen LogP contribution in [0.25, 0.3) is 0 Å². The summed E-state index contributed by atoms with van der Waals surface area (Å²) in [7, 11) is 0. The largest absolute Gasteiger partial charge is 0.325 e. The zero-order valence-corrected chi connectivity index (χ0v) is 10.7. The second-order valence-corrected chi connectivity index (χ2v) is 4.24. The van der Waals surface area contributed by atoms with Crippen LogP contribution >= 0.6 is 0 Å². The number of benzene rings is 1. The average Bonchev–Trinajstić information content (AvgIpc) is 2.45. The standard InChI is InChI=1S/C14H12N4O/c1-3-14(2,9-17)13(19)18-12-5-4-10(7-15)11(6-12)8-16/h4-6H,3H2,1-2H3,(H,18,19). The number of nitriles is 3. The maximum Gasteiger partial charge on any atom is 0.244 e. The summed E-state index contributed by atoms with van der Waals surface area (Å²) in [5.74, 6) is -0.425. The Labute approximate surface area is 111 Å². The van der Waals surface area contributed by atoms with Gasteiger partial charge >= 0.3 is 0 Å². The predicted octanol–water partition coefficient (Wildman–Crippen LogP) is 2.31. The Morgan fingerprint density at radius 2 is 1.89 bits per heavy atom. The first-order valence-electron chi connectivity index (χ1n) is 5.67. The average molecular weight is 252 g/mol. The monoisotopic (exact) mass is 252 g/mol. The van der Waals surface area contributed by atoms with Gasteiger partial charge in [-0.05, 0) is 31.5 Å². The normalized spacial score (nSPS) is 12.4. The molecule has 1 unspecified atom stereocenters. The van der Waals surface area contributed by atoms with E-state index in [4.69, 9.17) is 15.8 Å². The summed E-state index contributed by atoms with van der Waals surface area (Å²) in [4.78, 5) is 12.0. The van der Waals surface area contributed by atoms with E-state index < -0.39 is 11.3 Å². The Bertz CT molecular complexity index is 630. The van der Waals surface area contributed by atoms with Crippen molar-refractivity contribution in [3.05, 3.63) is 29.3 Å². The summed E-state index contributed by atoms with van der Waals surface area (Å²) in [5.41, 5.74) is -0.272. The Kier molecular flexibility index (Phi) is 4.24. The van der Waals surface area contributed by atoms with E-state index in [1.807, 2.05) is 18.2 Å². The molecule has 1 aromatic carbocycles. The highest BCUT2D eigenvalue weighted by Crippen LogP contribution is 2.23. The molecule has 1 amide bonds. The number of hydrogen-bond donors (Lipinski definition) is 1. The van der Waals surface area contributed by atoms with Crippen molar-refractivity contribution in [1.29, 1.82) is 15.8 Å². The van der Waals surface area contributed by atoms with Gasteiger partial charge in [0.1, 0.15) is 17.6 Å². The van der Waals surface area contributed by atoms with Gasteiger partial charge in [0.2, 0.25) is 5.91 Å². The predicted molar refractivity (Wildman–Crippen MR) is 68.5 cm³/mol. The van der Waals surface area contributed by atoms with Gasteiger partial charge in [-0.3, -0.25) is 4.79 Å². The minimum absolute atomic E-state index is 0.190. The molecule has 5 nitrogen and oxygen atoms in total. The molecule has 1 aromatic rings. The topological polar surface area (TPSA) is 100 Å². The van der Waals surface area contributed by atoms with Crippen molar-refractivity contribution in [2.24, 2.45) is 5.41 Å². The number of hydrogen-bond acceptors (Lipinski definition) is 4. The SMILES string of the molecule is CCC(C)(C#N)C(=O)Nc1ccc(C#N)c(C#N)c1. The highest BCUT2D eigenvalue weighted by atomic mass is 16.2. The van der Waals surface area contributed by atoms with Gasteiger partial charge in [-0.1, -0.05) is 6.92 Å². The fourth-order valence-corrected chi connectivity index (χ4v) is 1.37. The molecule has 0 heterocycles. The molecule has 0 spiro atoms. The molecule has 0 saturated carbocycles. The summed E-state index contributed by atoms with van der Waals surface area (Å²) >= 11 is 0. The van der Waals surface area contributed by atoms with E-state index >= 15 is 0 Å². The molecule has 0 aliphatic heterocycles. The third kappa shape index (κ3) is 2.89. The first-order valence-corrected chi connectivity index (χ1v) is 5.67. The summed E-state index contributed by atoms with van der Waals surface area (Å²) in [6.07, 6.45) is 0.386. The van der Waals surface area contributed by atoms with Crippen LogP contribution < -0.4 is 5.32 Å². The van der Waals surface area contributed by atoms with Crippen molar-refractivity contribution in [2.45, 2.75) is 20.3 Å². The number of rotatable bonds is 3. The molecule has 0 aromatic heterocycles. The zero-order valence-electron chi connectivity index (χ0n) is 10.7. The van der Waals surface area contributed by atoms with Gasteiger partial charge in [0.25, 0.3) is 0 Å². The van der Waals surface area contributed by atoms with Crippen molar-refractivity contribution in [3.63, 3.8) is 0 Å². The van der Waals surface area contributed by atoms with Crippen LogP contribution in [-0.2, 0) is 4.79 Å². The van der Waals surface area contributed by atoms with Gasteiger partial charge in [0.05, 0.1) is 17.2 Å². The van der Waals surface area contributed by atoms with Crippen LogP contribution in [0.4, 0.5) is 5.69 Å². The molecule has 0 aliphatic carbocycles. The van der Waals surface area contributed by atoms with E-state index in [0.29, 0.717) is 12.1 Å². The smallest absolute Gasteiger partial charge is 0.244 e. The molecule has 1 rings (SSSR count). The Morgan fingerprint density at radius 3 is 2.37 bits per heavy atom. The fourth-order valence-electron chi connectivity index (χ4n) is 1.37. The Morgan fingerprint density at radius 1 is 1.26 bits per heavy atom. The minimum Gasteiger partial charge on any atom is -0.325 e. The van der Waals surface area contributed by atoms with Gasteiger partial charge in [0, 0.05) is 5.69 Å². The quantitative estimate of drug-likeness (QED) is 0.891. The van der Waals surface area contributed by atoms with Gasteiger partial charge in [0.15, 0.2) is 0 Å². The van der Waals surface area contributed by atoms with Crippen molar-refractivity contribution in [1.82, 2.24) is 0 Å². The number of nitrogens with zero attached hydrogens (tertiary/aromatic N) is 3. The van der Waals surface area contributed by atoms with Crippen LogP contribution in [-0.4, -0.2) is 5.91 Å². The maximum absolute atomic E-state index is 12.0. The fraction of sp³-hybridized carbons (Fsp3) is 0.286. The summed E-state index contributed by atoms with van der Waals surface area (Å²) in [5, 5.41) is 29.3. The molecule has 0 aliphatic rings. The Hall–Kier alpha value is -2.84. The second kappa shape index (κ2) is 5.67. The molecule has 0 bridgehead atoms. The molecule has 94 valence electrons. The third-order valence-electron chi connectivity index (χ3n) is 2.97. The number of carbonyl (C=O) groups excluding carboxylic acids is 1. The first kappa shape index (κ1) is 14.2. The molecule has 0 fully saturated rings. The summed E-state index contributed by atoms with van der Waals surface area (Å²) in [6.45, 7) is 3.31. The number of nitrogens with one attached hydrogen (secondary N) is 1. The van der Waals surface area contributed by atoms with Gasteiger partial charge < -0.3 is 5.32 Å². The first-order chi connectivity index (χ1) is 9.00. The van der Waals surface area contributed by atoms with Gasteiger partial charge in [-0.2, -0.15) is 15.8 Å². The van der Waals surface area contributed by atoms with Crippen molar-refractivity contribution in [2.75, 3.05) is 5.32 Å². The minimum atomic E-state index is -1.11. The molecule has 1 N–H and O–H groups in total. The lowest BCUT2D eigenvalue weighted by Gasteiger charge is -2.18. The lowest BCUT2D eigenvalue weighted by atomic mass is 9.88. The van der Waals surface area contributed by atoms with Crippen LogP contribution in [0.2, 0.25) is 0 Å². The summed E-state index contributed by atoms with van der Waals surface area (Å²) < 4.78 is 0. The van der Waals surface area contributed by atoms with E-state index in [2.05, 4.69) is 5.32 Å². The highest BCUT2D eigenvalue weighted by Gasteiger charge is 2.31. The van der Waals surface area contributed by atoms with Crippen molar-refractivity contribution >= 4 is 11.6 Å². The van der Waals surface area contributed by atoms with Crippen LogP contribution in [0.5, 0.6) is 0 Å². The number of carbonyl (C=O) groups is 1. The molecular formula is C14H12N4O. The zero-order chi connectivity index (χ0) is 14.5. The highest BCUT2D eigenvalue weighted by molar-refractivity contribution is 5.97. The van der Waals surface area contributed by atoms with Gasteiger partial charge in [-0.15, -0.1) is 0 Å². The van der Waals surface area contributed by atoms with Crippen LogP contribution in [0.15, 0.2) is 18.2 Å².